The number of hydrogen-bond acceptors (Lipinski definition) is 3. The summed E-state index contributed by atoms with van der Waals surface area (Å²) in [6, 6.07) is 181. The molecule has 0 amide bonds. The van der Waals surface area contributed by atoms with Gasteiger partial charge in [-0.2, -0.15) is 0 Å². The van der Waals surface area contributed by atoms with Crippen LogP contribution in [0.15, 0.2) is 497 Å². The number of benzene rings is 21. The van der Waals surface area contributed by atoms with Crippen molar-refractivity contribution in [3.63, 3.8) is 0 Å². The average molecular weight is 1850 g/mol. The van der Waals surface area contributed by atoms with Crippen LogP contribution in [0.2, 0.25) is 0 Å². The molecule has 0 bridgehead atoms. The molecule has 143 heavy (non-hydrogen) atoms. The van der Waals surface area contributed by atoms with Crippen LogP contribution in [-0.2, 0) is 23.0 Å². The lowest BCUT2D eigenvalue weighted by molar-refractivity contribution is 0.423. The zero-order chi connectivity index (χ0) is 96.7. The first-order valence-corrected chi connectivity index (χ1v) is 49.7. The molecule has 0 saturated heterocycles. The second-order valence-corrected chi connectivity index (χ2v) is 40.1. The molecule has 21 aromatic carbocycles. The molecule has 696 valence electrons. The molecule has 6 nitrogen and oxygen atoms in total. The number of hydrogen-bond donors (Lipinski definition) is 0. The molecule has 0 atom stereocenters. The van der Waals surface area contributed by atoms with Crippen molar-refractivity contribution in [1.29, 1.82) is 0 Å². The van der Waals surface area contributed by atoms with Gasteiger partial charge in [0.1, 0.15) is 0 Å². The highest BCUT2D eigenvalue weighted by atomic mass is 15.2. The van der Waals surface area contributed by atoms with Gasteiger partial charge in [0.15, 0.2) is 0 Å². The van der Waals surface area contributed by atoms with Gasteiger partial charge in [0, 0.05) is 133 Å². The maximum atomic E-state index is 2.48. The van der Waals surface area contributed by atoms with Gasteiger partial charge in [0.25, 0.3) is 0 Å². The summed E-state index contributed by atoms with van der Waals surface area (Å²) in [5, 5.41) is 12.7. The Hall–Kier alpha value is -17.1. The van der Waals surface area contributed by atoms with Crippen molar-refractivity contribution in [2.75, 3.05) is 14.7 Å². The minimum atomic E-state index is -0.0303. The van der Waals surface area contributed by atoms with E-state index in [9.17, 15) is 0 Å². The van der Waals surface area contributed by atoms with E-state index in [0.717, 1.165) is 57.6 Å². The molecule has 0 fully saturated rings. The van der Waals surface area contributed by atoms with Crippen molar-refractivity contribution in [3.8, 4) is 77.9 Å². The number of rotatable bonds is 17. The number of nitrogens with zero attached hydrogens (tertiary/aromatic N) is 6. The number of fused-ring (bicyclic) bond motifs is 11. The van der Waals surface area contributed by atoms with E-state index < -0.39 is 0 Å². The van der Waals surface area contributed by atoms with E-state index in [2.05, 4.69) is 595 Å². The Labute approximate surface area is 841 Å². The van der Waals surface area contributed by atoms with Gasteiger partial charge in [-0.05, 0) is 315 Å². The summed E-state index contributed by atoms with van der Waals surface area (Å²) in [6.45, 7) is 22.8. The fourth-order valence-electron chi connectivity index (χ4n) is 21.5. The quantitative estimate of drug-likeness (QED) is 0.0908. The van der Waals surface area contributed by atoms with Crippen LogP contribution in [0, 0.1) is 0 Å². The van der Waals surface area contributed by atoms with Gasteiger partial charge < -0.3 is 28.4 Å². The third-order valence-corrected chi connectivity index (χ3v) is 27.9. The first-order valence-electron chi connectivity index (χ1n) is 49.7. The van der Waals surface area contributed by atoms with Crippen molar-refractivity contribution < 1.29 is 0 Å². The van der Waals surface area contributed by atoms with E-state index >= 15 is 0 Å². The van der Waals surface area contributed by atoms with Gasteiger partial charge >= 0.3 is 0 Å². The fraction of sp³-hybridized carbons (Fsp3) is 0.109. The molecular formula is C137H118N6. The van der Waals surface area contributed by atoms with E-state index in [1.807, 2.05) is 0 Å². The zero-order valence-corrected chi connectivity index (χ0v) is 82.2. The fourth-order valence-corrected chi connectivity index (χ4v) is 21.5. The van der Waals surface area contributed by atoms with Crippen molar-refractivity contribution >= 4 is 138 Å². The summed E-state index contributed by atoms with van der Waals surface area (Å²) in [7, 11) is 0. The van der Waals surface area contributed by atoms with Gasteiger partial charge in [-0.15, -0.1) is 0 Å². The van der Waals surface area contributed by atoms with E-state index in [1.165, 1.54) is 170 Å². The third-order valence-electron chi connectivity index (χ3n) is 27.9. The van der Waals surface area contributed by atoms with Crippen LogP contribution in [0.4, 0.5) is 51.2 Å². The van der Waals surface area contributed by atoms with E-state index in [4.69, 9.17) is 0 Å². The van der Waals surface area contributed by atoms with Crippen LogP contribution in [-0.4, -0.2) is 13.7 Å². The molecule has 24 rings (SSSR count). The topological polar surface area (TPSA) is 24.5 Å². The molecule has 0 N–H and O–H groups in total. The Morgan fingerprint density at radius 1 is 0.168 bits per heavy atom. The van der Waals surface area contributed by atoms with E-state index in [0.29, 0.717) is 0 Å². The molecule has 0 aliphatic rings. The average Bonchev–Trinajstić information content (AvgIpc) is 1.36. The molecule has 0 spiro atoms. The maximum Gasteiger partial charge on any atom is 0.0540 e. The Bertz CT molecular complexity index is 8390. The molecule has 0 aliphatic heterocycles. The Kier molecular flexibility index (Phi) is 25.1. The number of aromatic nitrogens is 3. The van der Waals surface area contributed by atoms with Crippen molar-refractivity contribution in [2.45, 2.75) is 99.7 Å². The lowest BCUT2D eigenvalue weighted by Gasteiger charge is -2.27. The highest BCUT2D eigenvalue weighted by Gasteiger charge is 2.28. The lowest BCUT2D eigenvalue weighted by Crippen LogP contribution is -2.21. The van der Waals surface area contributed by atoms with Gasteiger partial charge in [-0.3, -0.25) is 0 Å². The number of para-hydroxylation sites is 6. The minimum absolute atomic E-state index is 0. The zero-order valence-electron chi connectivity index (χ0n) is 82.2. The summed E-state index contributed by atoms with van der Waals surface area (Å²) in [6.07, 6.45) is 0.939. The van der Waals surface area contributed by atoms with Crippen LogP contribution in [0.1, 0.15) is 82.2 Å². The molecular weight excluding hydrogens is 1730 g/mol. The number of aryl methyl sites for hydroxylation is 1. The summed E-state index contributed by atoms with van der Waals surface area (Å²) >= 11 is 0. The molecule has 3 aromatic heterocycles. The highest BCUT2D eigenvalue weighted by molar-refractivity contribution is 6.15. The third kappa shape index (κ3) is 18.0. The molecule has 0 unspecified atom stereocenters. The molecule has 24 aromatic rings. The maximum absolute atomic E-state index is 2.48. The van der Waals surface area contributed by atoms with Crippen LogP contribution in [0.3, 0.4) is 0 Å². The Morgan fingerprint density at radius 3 is 0.818 bits per heavy atom. The predicted octanol–water partition coefficient (Wildman–Crippen LogP) is 39.2. The standard InChI is InChI=1S/C48H42N2.2C44H36N2.CH4/c1-5-34-32-42(49(40-16-10-7-11-17-40)41-27-24-36(25-28-41)35-14-8-6-9-15-35)29-30-43(34)38-22-20-37(21-23-38)39-26-31-47-45(33-39)44-18-12-13-19-46(44)50(47)48(2,3)4;1-44(2,3)46-42-22-11-10-18-39(42)40-30-33(26-29-43(40)46)36-19-12-21-38-37(36)20-13-23-41(38)45(34-16-8-5-9-17-34)35-27-24-32(25-28-35)31-14-6-4-7-15-31;1-44(2,3)46-42-21-13-12-20-39(42)40-30-33(24-28-43(40)46)36-27-29-41(38-19-11-10-18-37(36)38)45(34-16-8-5-9-17-34)35-25-22-32(23-26-35)31-14-6-4-7-15-31;/h6-33H,5H2,1-4H3;2*4-30H,1-3H3;1H4. The van der Waals surface area contributed by atoms with Crippen molar-refractivity contribution in [2.24, 2.45) is 0 Å². The van der Waals surface area contributed by atoms with E-state index in [-0.39, 0.29) is 24.0 Å². The first-order chi connectivity index (χ1) is 69.3. The molecule has 0 aliphatic carbocycles. The van der Waals surface area contributed by atoms with Crippen LogP contribution in [0.5, 0.6) is 0 Å². The Balaban J connectivity index is 0.000000126. The summed E-state index contributed by atoms with van der Waals surface area (Å²) in [5.74, 6) is 0. The smallest absolute Gasteiger partial charge is 0.0540 e. The van der Waals surface area contributed by atoms with Crippen molar-refractivity contribution in [1.82, 2.24) is 13.7 Å². The minimum Gasteiger partial charge on any atom is -0.335 e. The number of anilines is 9. The highest BCUT2D eigenvalue weighted by Crippen LogP contribution is 2.49. The van der Waals surface area contributed by atoms with Gasteiger partial charge in [-0.25, -0.2) is 0 Å². The first kappa shape index (κ1) is 92.3. The molecule has 3 heterocycles. The normalized spacial score (nSPS) is 11.7. The summed E-state index contributed by atoms with van der Waals surface area (Å²) in [4.78, 5) is 7.11. The second-order valence-electron chi connectivity index (χ2n) is 40.1. The Morgan fingerprint density at radius 2 is 0.420 bits per heavy atom. The van der Waals surface area contributed by atoms with Gasteiger partial charge in [-0.1, -0.05) is 360 Å². The van der Waals surface area contributed by atoms with Gasteiger partial charge in [0.05, 0.1) is 11.4 Å². The molecule has 6 heteroatoms. The molecule has 0 saturated carbocycles. The van der Waals surface area contributed by atoms with Gasteiger partial charge in [0.2, 0.25) is 0 Å². The van der Waals surface area contributed by atoms with Crippen LogP contribution in [0.25, 0.3) is 165 Å². The summed E-state index contributed by atoms with van der Waals surface area (Å²) < 4.78 is 7.42. The van der Waals surface area contributed by atoms with Crippen LogP contribution < -0.4 is 14.7 Å². The van der Waals surface area contributed by atoms with Crippen molar-refractivity contribution in [3.05, 3.63) is 503 Å². The predicted molar refractivity (Wildman–Crippen MR) is 617 cm³/mol. The monoisotopic (exact) mass is 1850 g/mol. The van der Waals surface area contributed by atoms with E-state index in [1.54, 1.807) is 0 Å². The lowest BCUT2D eigenvalue weighted by atomic mass is 9.94. The van der Waals surface area contributed by atoms with Crippen LogP contribution >= 0.6 is 0 Å². The molecule has 0 radical (unpaired) electrons. The SMILES string of the molecule is C.CC(C)(C)n1c2ccccc2c2cc(-c3ccc(N(c4ccccc4)c4ccc(-c5ccccc5)cc4)c4ccccc34)ccc21.CC(C)(C)n1c2ccccc2c2cc(-c3cccc4c(N(c5ccccc5)c5ccc(-c6ccccc6)cc5)cccc34)ccc21.CCc1cc(N(c2ccccc2)c2ccc(-c3ccccc3)cc2)ccc1-c1ccc(-c2ccc3c(c2)c2ccccc2n3C(C)(C)C)cc1. The summed E-state index contributed by atoms with van der Waals surface area (Å²) in [5.41, 5.74) is 36.4. The largest absolute Gasteiger partial charge is 0.335 e. The second kappa shape index (κ2) is 39.0.